The van der Waals surface area contributed by atoms with Gasteiger partial charge in [-0.2, -0.15) is 0 Å². The molecule has 1 unspecified atom stereocenters. The van der Waals surface area contributed by atoms with E-state index < -0.39 is 0 Å². The fourth-order valence-electron chi connectivity index (χ4n) is 3.00. The Morgan fingerprint density at radius 3 is 2.71 bits per heavy atom. The van der Waals surface area contributed by atoms with Crippen molar-refractivity contribution >= 4 is 23.2 Å². The van der Waals surface area contributed by atoms with Crippen LogP contribution < -0.4 is 5.32 Å². The van der Waals surface area contributed by atoms with Crippen LogP contribution in [0, 0.1) is 6.92 Å². The second-order valence-electron chi connectivity index (χ2n) is 6.19. The molecule has 5 heteroatoms. The van der Waals surface area contributed by atoms with Crippen LogP contribution in [0.5, 0.6) is 0 Å². The highest BCUT2D eigenvalue weighted by Gasteiger charge is 2.32. The summed E-state index contributed by atoms with van der Waals surface area (Å²) < 4.78 is 0. The van der Waals surface area contributed by atoms with Gasteiger partial charge in [-0.05, 0) is 43.2 Å². The van der Waals surface area contributed by atoms with Crippen molar-refractivity contribution in [2.75, 3.05) is 6.54 Å². The summed E-state index contributed by atoms with van der Waals surface area (Å²) in [5, 5.41) is 4.88. The standard InChI is InChI=1S/C19H22N2O2S/c1-14-7-9-15(10-8-14)13-20-18(22)16-5-2-3-11-21(16)19(23)17-6-4-12-24-17/h4,6-10,12,16H,2-3,5,11,13H2,1H3,(H,20,22). The van der Waals surface area contributed by atoms with Crippen molar-refractivity contribution in [3.05, 3.63) is 57.8 Å². The first-order valence-corrected chi connectivity index (χ1v) is 9.21. The van der Waals surface area contributed by atoms with Gasteiger partial charge in [0.05, 0.1) is 4.88 Å². The molecule has 1 atom stereocenters. The van der Waals surface area contributed by atoms with Crippen molar-refractivity contribution in [2.24, 2.45) is 0 Å². The van der Waals surface area contributed by atoms with Crippen LogP contribution >= 0.6 is 11.3 Å². The van der Waals surface area contributed by atoms with Gasteiger partial charge in [0.25, 0.3) is 5.91 Å². The summed E-state index contributed by atoms with van der Waals surface area (Å²) in [4.78, 5) is 27.7. The van der Waals surface area contributed by atoms with Crippen LogP contribution in [-0.2, 0) is 11.3 Å². The molecule has 2 heterocycles. The minimum absolute atomic E-state index is 0.0276. The van der Waals surface area contributed by atoms with Gasteiger partial charge in [0.1, 0.15) is 6.04 Å². The number of hydrogen-bond donors (Lipinski definition) is 1. The third kappa shape index (κ3) is 3.85. The van der Waals surface area contributed by atoms with Crippen LogP contribution in [0.2, 0.25) is 0 Å². The predicted octanol–water partition coefficient (Wildman–Crippen LogP) is 3.37. The second-order valence-corrected chi connectivity index (χ2v) is 7.14. The van der Waals surface area contributed by atoms with E-state index in [-0.39, 0.29) is 17.9 Å². The number of thiophene rings is 1. The normalized spacial score (nSPS) is 17.5. The minimum Gasteiger partial charge on any atom is -0.350 e. The van der Waals surface area contributed by atoms with E-state index in [1.807, 2.05) is 48.7 Å². The lowest BCUT2D eigenvalue weighted by Gasteiger charge is -2.34. The van der Waals surface area contributed by atoms with Gasteiger partial charge in [-0.3, -0.25) is 9.59 Å². The van der Waals surface area contributed by atoms with Gasteiger partial charge in [0.2, 0.25) is 5.91 Å². The number of carbonyl (C=O) groups is 2. The van der Waals surface area contributed by atoms with Crippen molar-refractivity contribution in [3.63, 3.8) is 0 Å². The molecule has 0 bridgehead atoms. The van der Waals surface area contributed by atoms with Crippen molar-refractivity contribution < 1.29 is 9.59 Å². The molecule has 126 valence electrons. The number of aryl methyl sites for hydroxylation is 1. The zero-order chi connectivity index (χ0) is 16.9. The number of rotatable bonds is 4. The number of nitrogens with one attached hydrogen (secondary N) is 1. The Labute approximate surface area is 146 Å². The number of likely N-dealkylation sites (tertiary alicyclic amines) is 1. The van der Waals surface area contributed by atoms with Crippen molar-refractivity contribution in [2.45, 2.75) is 38.8 Å². The number of hydrogen-bond acceptors (Lipinski definition) is 3. The highest BCUT2D eigenvalue weighted by molar-refractivity contribution is 7.12. The third-order valence-corrected chi connectivity index (χ3v) is 5.24. The van der Waals surface area contributed by atoms with E-state index in [9.17, 15) is 9.59 Å². The molecule has 24 heavy (non-hydrogen) atoms. The summed E-state index contributed by atoms with van der Waals surface area (Å²) in [6.07, 6.45) is 2.67. The second kappa shape index (κ2) is 7.62. The zero-order valence-electron chi connectivity index (χ0n) is 13.8. The Bertz CT molecular complexity index is 695. The summed E-state index contributed by atoms with van der Waals surface area (Å²) >= 11 is 1.43. The summed E-state index contributed by atoms with van der Waals surface area (Å²) in [6.45, 7) is 3.19. The Morgan fingerprint density at radius 2 is 2.00 bits per heavy atom. The van der Waals surface area contributed by atoms with Crippen molar-refractivity contribution in [3.8, 4) is 0 Å². The lowest BCUT2D eigenvalue weighted by Crippen LogP contribution is -2.51. The molecule has 1 aromatic heterocycles. The number of amides is 2. The average molecular weight is 342 g/mol. The Balaban J connectivity index is 1.65. The topological polar surface area (TPSA) is 49.4 Å². The highest BCUT2D eigenvalue weighted by atomic mass is 32.1. The van der Waals surface area contributed by atoms with E-state index in [1.54, 1.807) is 4.90 Å². The number of carbonyl (C=O) groups excluding carboxylic acids is 2. The van der Waals surface area contributed by atoms with E-state index in [4.69, 9.17) is 0 Å². The Kier molecular flexibility index (Phi) is 5.30. The quantitative estimate of drug-likeness (QED) is 0.926. The molecule has 0 saturated carbocycles. The molecule has 1 aliphatic heterocycles. The van der Waals surface area contributed by atoms with Crippen LogP contribution in [-0.4, -0.2) is 29.3 Å². The van der Waals surface area contributed by atoms with Crippen LogP contribution in [0.4, 0.5) is 0 Å². The van der Waals surface area contributed by atoms with E-state index in [2.05, 4.69) is 5.32 Å². The maximum Gasteiger partial charge on any atom is 0.264 e. The average Bonchev–Trinajstić information content (AvgIpc) is 3.15. The fraction of sp³-hybridized carbons (Fsp3) is 0.368. The molecule has 0 radical (unpaired) electrons. The van der Waals surface area contributed by atoms with Crippen LogP contribution in [0.3, 0.4) is 0 Å². The van der Waals surface area contributed by atoms with E-state index in [0.717, 1.165) is 24.8 Å². The fourth-order valence-corrected chi connectivity index (χ4v) is 3.68. The largest absolute Gasteiger partial charge is 0.350 e. The first-order chi connectivity index (χ1) is 11.6. The van der Waals surface area contributed by atoms with Gasteiger partial charge >= 0.3 is 0 Å². The van der Waals surface area contributed by atoms with Gasteiger partial charge in [-0.15, -0.1) is 11.3 Å². The minimum atomic E-state index is -0.362. The number of nitrogens with zero attached hydrogens (tertiary/aromatic N) is 1. The molecule has 1 fully saturated rings. The van der Waals surface area contributed by atoms with Crippen LogP contribution in [0.15, 0.2) is 41.8 Å². The van der Waals surface area contributed by atoms with Crippen LogP contribution in [0.25, 0.3) is 0 Å². The molecule has 2 amide bonds. The number of benzene rings is 1. The highest BCUT2D eigenvalue weighted by Crippen LogP contribution is 2.22. The summed E-state index contributed by atoms with van der Waals surface area (Å²) in [7, 11) is 0. The maximum atomic E-state index is 12.6. The monoisotopic (exact) mass is 342 g/mol. The first kappa shape index (κ1) is 16.7. The van der Waals surface area contributed by atoms with Gasteiger partial charge in [-0.1, -0.05) is 35.9 Å². The zero-order valence-corrected chi connectivity index (χ0v) is 14.6. The van der Waals surface area contributed by atoms with E-state index in [0.29, 0.717) is 18.0 Å². The SMILES string of the molecule is Cc1ccc(CNC(=O)C2CCCCN2C(=O)c2cccs2)cc1. The molecule has 2 aromatic rings. The third-order valence-electron chi connectivity index (χ3n) is 4.39. The predicted molar refractivity (Wildman–Crippen MR) is 96.0 cm³/mol. The summed E-state index contributed by atoms with van der Waals surface area (Å²) in [6, 6.07) is 11.4. The molecule has 0 aliphatic carbocycles. The molecule has 4 nitrogen and oxygen atoms in total. The molecular formula is C19H22N2O2S. The van der Waals surface area contributed by atoms with Crippen molar-refractivity contribution in [1.82, 2.24) is 10.2 Å². The molecule has 0 spiro atoms. The molecule has 1 N–H and O–H groups in total. The smallest absolute Gasteiger partial charge is 0.264 e. The van der Waals surface area contributed by atoms with Gasteiger partial charge < -0.3 is 10.2 Å². The lowest BCUT2D eigenvalue weighted by atomic mass is 10.0. The van der Waals surface area contributed by atoms with Crippen LogP contribution in [0.1, 0.15) is 40.1 Å². The number of piperidine rings is 1. The molecular weight excluding hydrogens is 320 g/mol. The first-order valence-electron chi connectivity index (χ1n) is 8.33. The van der Waals surface area contributed by atoms with E-state index in [1.165, 1.54) is 16.9 Å². The van der Waals surface area contributed by atoms with Crippen molar-refractivity contribution in [1.29, 1.82) is 0 Å². The van der Waals surface area contributed by atoms with Gasteiger partial charge in [0, 0.05) is 13.1 Å². The van der Waals surface area contributed by atoms with Gasteiger partial charge in [0.15, 0.2) is 0 Å². The Morgan fingerprint density at radius 1 is 1.21 bits per heavy atom. The molecule has 3 rings (SSSR count). The molecule has 1 aliphatic rings. The van der Waals surface area contributed by atoms with Gasteiger partial charge in [-0.25, -0.2) is 0 Å². The summed E-state index contributed by atoms with van der Waals surface area (Å²) in [5.74, 6) is -0.0830. The van der Waals surface area contributed by atoms with E-state index >= 15 is 0 Å². The summed E-state index contributed by atoms with van der Waals surface area (Å²) in [5.41, 5.74) is 2.27. The molecule has 1 saturated heterocycles. The lowest BCUT2D eigenvalue weighted by molar-refractivity contribution is -0.126. The maximum absolute atomic E-state index is 12.6. The molecule has 1 aromatic carbocycles. The Hall–Kier alpha value is -2.14.